The average Bonchev–Trinajstić information content (AvgIpc) is 2.22. The molecule has 0 aliphatic rings. The topological polar surface area (TPSA) is 32.3 Å². The number of rotatable bonds is 3. The molecular formula is C13H17NO. The summed E-state index contributed by atoms with van der Waals surface area (Å²) >= 11 is 0. The summed E-state index contributed by atoms with van der Waals surface area (Å²) in [5.41, 5.74) is 2.07. The smallest absolute Gasteiger partial charge is 0.120 e. The number of phenolic OH excluding ortho intramolecular Hbond substituents is 1. The standard InChI is InChI=1S/C13H17NO/c1-4-5-8-14-11(3)12-9-10(2)6-7-13(12)15/h6-7,9,11,14-15H,8H2,1-3H3. The van der Waals surface area contributed by atoms with Crippen molar-refractivity contribution in [1.29, 1.82) is 0 Å². The summed E-state index contributed by atoms with van der Waals surface area (Å²) in [5, 5.41) is 12.9. The molecule has 80 valence electrons. The third-order valence-corrected chi connectivity index (χ3v) is 2.32. The van der Waals surface area contributed by atoms with Crippen molar-refractivity contribution < 1.29 is 5.11 Å². The van der Waals surface area contributed by atoms with Crippen LogP contribution in [0.1, 0.15) is 31.0 Å². The van der Waals surface area contributed by atoms with E-state index in [4.69, 9.17) is 0 Å². The average molecular weight is 203 g/mol. The van der Waals surface area contributed by atoms with E-state index >= 15 is 0 Å². The first kappa shape index (κ1) is 11.6. The Balaban J connectivity index is 2.74. The van der Waals surface area contributed by atoms with E-state index in [2.05, 4.69) is 17.2 Å². The highest BCUT2D eigenvalue weighted by molar-refractivity contribution is 5.37. The first-order valence-corrected chi connectivity index (χ1v) is 5.07. The van der Waals surface area contributed by atoms with Gasteiger partial charge in [0.15, 0.2) is 0 Å². The molecule has 2 heteroatoms. The first-order valence-electron chi connectivity index (χ1n) is 5.07. The van der Waals surface area contributed by atoms with E-state index in [0.29, 0.717) is 12.3 Å². The molecule has 2 N–H and O–H groups in total. The van der Waals surface area contributed by atoms with Gasteiger partial charge >= 0.3 is 0 Å². The maximum absolute atomic E-state index is 9.69. The van der Waals surface area contributed by atoms with Gasteiger partial charge in [0.25, 0.3) is 0 Å². The number of aromatic hydroxyl groups is 1. The van der Waals surface area contributed by atoms with Crippen LogP contribution in [0.3, 0.4) is 0 Å². The minimum absolute atomic E-state index is 0.116. The highest BCUT2D eigenvalue weighted by Crippen LogP contribution is 2.24. The van der Waals surface area contributed by atoms with Gasteiger partial charge in [0, 0.05) is 11.6 Å². The number of nitrogens with one attached hydrogen (secondary N) is 1. The molecule has 15 heavy (non-hydrogen) atoms. The molecule has 0 bridgehead atoms. The number of hydrogen-bond acceptors (Lipinski definition) is 2. The monoisotopic (exact) mass is 203 g/mol. The van der Waals surface area contributed by atoms with Crippen molar-refractivity contribution in [1.82, 2.24) is 5.32 Å². The Kier molecular flexibility index (Phi) is 4.20. The lowest BCUT2D eigenvalue weighted by atomic mass is 10.0. The summed E-state index contributed by atoms with van der Waals surface area (Å²) in [6.07, 6.45) is 0. The van der Waals surface area contributed by atoms with Gasteiger partial charge in [-0.1, -0.05) is 23.6 Å². The van der Waals surface area contributed by atoms with Crippen molar-refractivity contribution in [2.45, 2.75) is 26.8 Å². The summed E-state index contributed by atoms with van der Waals surface area (Å²) in [5.74, 6) is 6.10. The zero-order valence-corrected chi connectivity index (χ0v) is 9.46. The second-order valence-electron chi connectivity index (χ2n) is 3.59. The number of phenols is 1. The highest BCUT2D eigenvalue weighted by atomic mass is 16.3. The van der Waals surface area contributed by atoms with Gasteiger partial charge in [-0.25, -0.2) is 0 Å². The summed E-state index contributed by atoms with van der Waals surface area (Å²) in [6, 6.07) is 5.74. The van der Waals surface area contributed by atoms with E-state index in [1.165, 1.54) is 0 Å². The number of hydrogen-bond donors (Lipinski definition) is 2. The van der Waals surface area contributed by atoms with Gasteiger partial charge in [-0.3, -0.25) is 5.32 Å². The predicted molar refractivity (Wildman–Crippen MR) is 62.7 cm³/mol. The summed E-state index contributed by atoms with van der Waals surface area (Å²) in [4.78, 5) is 0. The quantitative estimate of drug-likeness (QED) is 0.739. The van der Waals surface area contributed by atoms with E-state index in [1.807, 2.05) is 32.9 Å². The summed E-state index contributed by atoms with van der Waals surface area (Å²) in [7, 11) is 0. The molecule has 0 aromatic heterocycles. The SMILES string of the molecule is CC#CCNC(C)c1cc(C)ccc1O. The van der Waals surface area contributed by atoms with Gasteiger partial charge in [0.2, 0.25) is 0 Å². The molecule has 1 aromatic rings. The third kappa shape index (κ3) is 3.30. The Morgan fingerprint density at radius 3 is 2.87 bits per heavy atom. The van der Waals surface area contributed by atoms with Crippen molar-refractivity contribution in [2.24, 2.45) is 0 Å². The van der Waals surface area contributed by atoms with Gasteiger partial charge in [0.05, 0.1) is 6.54 Å². The number of benzene rings is 1. The third-order valence-electron chi connectivity index (χ3n) is 2.32. The lowest BCUT2D eigenvalue weighted by Gasteiger charge is -2.14. The van der Waals surface area contributed by atoms with E-state index in [1.54, 1.807) is 6.07 Å². The van der Waals surface area contributed by atoms with Crippen LogP contribution in [-0.2, 0) is 0 Å². The Morgan fingerprint density at radius 1 is 1.47 bits per heavy atom. The van der Waals surface area contributed by atoms with Crippen LogP contribution in [0.25, 0.3) is 0 Å². The lowest BCUT2D eigenvalue weighted by molar-refractivity contribution is 0.456. The fourth-order valence-corrected chi connectivity index (χ4v) is 1.42. The lowest BCUT2D eigenvalue weighted by Crippen LogP contribution is -2.18. The molecule has 0 aliphatic heterocycles. The molecule has 1 aromatic carbocycles. The Labute approximate surface area is 91.3 Å². The Morgan fingerprint density at radius 2 is 2.20 bits per heavy atom. The van der Waals surface area contributed by atoms with Crippen LogP contribution in [0, 0.1) is 18.8 Å². The van der Waals surface area contributed by atoms with Gasteiger partial charge in [-0.15, -0.1) is 5.92 Å². The zero-order valence-electron chi connectivity index (χ0n) is 9.46. The molecule has 1 atom stereocenters. The van der Waals surface area contributed by atoms with Crippen molar-refractivity contribution in [3.8, 4) is 17.6 Å². The normalized spacial score (nSPS) is 11.7. The summed E-state index contributed by atoms with van der Waals surface area (Å²) < 4.78 is 0. The van der Waals surface area contributed by atoms with Crippen molar-refractivity contribution in [3.63, 3.8) is 0 Å². The molecule has 0 heterocycles. The molecule has 0 radical (unpaired) electrons. The molecular weight excluding hydrogens is 186 g/mol. The van der Waals surface area contributed by atoms with Crippen LogP contribution >= 0.6 is 0 Å². The second kappa shape index (κ2) is 5.43. The molecule has 1 rings (SSSR count). The Bertz CT molecular complexity index is 387. The predicted octanol–water partition coefficient (Wildman–Crippen LogP) is 2.37. The highest BCUT2D eigenvalue weighted by Gasteiger charge is 2.08. The molecule has 0 saturated carbocycles. The van der Waals surface area contributed by atoms with Crippen molar-refractivity contribution >= 4 is 0 Å². The van der Waals surface area contributed by atoms with Crippen LogP contribution < -0.4 is 5.32 Å². The molecule has 2 nitrogen and oxygen atoms in total. The maximum Gasteiger partial charge on any atom is 0.120 e. The molecule has 1 unspecified atom stereocenters. The maximum atomic E-state index is 9.69. The molecule has 0 saturated heterocycles. The zero-order chi connectivity index (χ0) is 11.3. The minimum atomic E-state index is 0.116. The van der Waals surface area contributed by atoms with Crippen molar-refractivity contribution in [3.05, 3.63) is 29.3 Å². The first-order chi connectivity index (χ1) is 7.15. The molecule has 0 spiro atoms. The van der Waals surface area contributed by atoms with Crippen molar-refractivity contribution in [2.75, 3.05) is 6.54 Å². The molecule has 0 amide bonds. The van der Waals surface area contributed by atoms with Crippen LogP contribution in [0.2, 0.25) is 0 Å². The summed E-state index contributed by atoms with van der Waals surface area (Å²) in [6.45, 7) is 6.49. The Hall–Kier alpha value is -1.46. The molecule has 0 aliphatic carbocycles. The van der Waals surface area contributed by atoms with E-state index in [9.17, 15) is 5.11 Å². The van der Waals surface area contributed by atoms with E-state index in [-0.39, 0.29) is 6.04 Å². The fraction of sp³-hybridized carbons (Fsp3) is 0.385. The van der Waals surface area contributed by atoms with Crippen LogP contribution in [-0.4, -0.2) is 11.7 Å². The van der Waals surface area contributed by atoms with Gasteiger partial charge in [0.1, 0.15) is 5.75 Å². The van der Waals surface area contributed by atoms with Crippen LogP contribution in [0.4, 0.5) is 0 Å². The van der Waals surface area contributed by atoms with Crippen LogP contribution in [0.5, 0.6) is 5.75 Å². The van der Waals surface area contributed by atoms with Crippen LogP contribution in [0.15, 0.2) is 18.2 Å². The molecule has 0 fully saturated rings. The fourth-order valence-electron chi connectivity index (χ4n) is 1.42. The van der Waals surface area contributed by atoms with E-state index in [0.717, 1.165) is 11.1 Å². The van der Waals surface area contributed by atoms with Gasteiger partial charge in [-0.2, -0.15) is 0 Å². The largest absolute Gasteiger partial charge is 0.508 e. The van der Waals surface area contributed by atoms with Gasteiger partial charge < -0.3 is 5.11 Å². The minimum Gasteiger partial charge on any atom is -0.508 e. The number of aryl methyl sites for hydroxylation is 1. The van der Waals surface area contributed by atoms with E-state index < -0.39 is 0 Å². The van der Waals surface area contributed by atoms with Gasteiger partial charge in [-0.05, 0) is 26.8 Å². The second-order valence-corrected chi connectivity index (χ2v) is 3.59.